The van der Waals surface area contributed by atoms with E-state index >= 15 is 0 Å². The van der Waals surface area contributed by atoms with Crippen molar-refractivity contribution in [3.05, 3.63) is 47.5 Å². The Labute approximate surface area is 206 Å². The minimum Gasteiger partial charge on any atom is -0.493 e. The molecule has 0 atom stereocenters. The molecular weight excluding hydrogens is 456 g/mol. The van der Waals surface area contributed by atoms with Gasteiger partial charge in [-0.3, -0.25) is 10.0 Å². The highest BCUT2D eigenvalue weighted by atomic mass is 16.5. The number of amides is 1. The average Bonchev–Trinajstić information content (AvgIpc) is 2.92. The molecule has 0 saturated carbocycles. The molecule has 3 rings (SSSR count). The van der Waals surface area contributed by atoms with Gasteiger partial charge in [-0.1, -0.05) is 18.2 Å². The second-order valence-electron chi connectivity index (χ2n) is 7.21. The van der Waals surface area contributed by atoms with Crippen LogP contribution in [0.15, 0.2) is 36.4 Å². The normalized spacial score (nSPS) is 12.7. The molecule has 2 aromatic carbocycles. The number of hydroxylamine groups is 1. The number of ether oxygens (including phenoxy) is 4. The number of aryl methyl sites for hydroxylation is 1. The summed E-state index contributed by atoms with van der Waals surface area (Å²) in [7, 11) is 6.75. The summed E-state index contributed by atoms with van der Waals surface area (Å²) in [6.07, 6.45) is 2.51. The monoisotopic (exact) mass is 492 g/mol. The Morgan fingerprint density at radius 2 is 1.46 bits per heavy atom. The minimum absolute atomic E-state index is 0.263. The van der Waals surface area contributed by atoms with Crippen LogP contribution in [-0.4, -0.2) is 77.2 Å². The maximum absolute atomic E-state index is 11.4. The van der Waals surface area contributed by atoms with E-state index in [1.807, 2.05) is 37.8 Å². The number of piperidine rings is 1. The molecule has 1 heterocycles. The summed E-state index contributed by atoms with van der Waals surface area (Å²) in [6, 6.07) is 11.3. The van der Waals surface area contributed by atoms with Crippen LogP contribution < -0.4 is 24.4 Å². The van der Waals surface area contributed by atoms with Crippen LogP contribution in [0, 0.1) is 6.92 Å². The molecule has 0 aliphatic carbocycles. The second kappa shape index (κ2) is 17.8. The number of carbonyl (C=O) groups excluding carboxylic acids is 3. The molecular formula is C25H36N2O8. The lowest BCUT2D eigenvalue weighted by molar-refractivity contribution is -0.0987. The lowest BCUT2D eigenvalue weighted by atomic mass is 10.1. The van der Waals surface area contributed by atoms with Gasteiger partial charge >= 0.3 is 0 Å². The Bertz CT molecular complexity index is 884. The van der Waals surface area contributed by atoms with Gasteiger partial charge in [0.2, 0.25) is 0 Å². The van der Waals surface area contributed by atoms with Gasteiger partial charge in [-0.25, -0.2) is 5.48 Å². The highest BCUT2D eigenvalue weighted by molar-refractivity contribution is 5.98. The quantitative estimate of drug-likeness (QED) is 0.463. The smallest absolute Gasteiger partial charge is 0.278 e. The van der Waals surface area contributed by atoms with Gasteiger partial charge < -0.3 is 33.4 Å². The molecule has 1 fully saturated rings. The van der Waals surface area contributed by atoms with Gasteiger partial charge in [0.25, 0.3) is 5.91 Å². The fourth-order valence-corrected chi connectivity index (χ4v) is 3.36. The van der Waals surface area contributed by atoms with E-state index in [4.69, 9.17) is 33.7 Å². The van der Waals surface area contributed by atoms with Crippen molar-refractivity contribution in [2.24, 2.45) is 0 Å². The standard InChI is InChI=1S/C13H19NO2.C10H13NO4.2CH2O/c1-14-9-7-11(8-10-14)16-13-6-4-3-5-12(13)15-2;1-6-4-5-7(14-2)9(15-3)8(6)10(12)11-13;2*1-2/h3-6,11H,7-10H2,1-2H3;4-5,13H,1-3H3,(H,11,12);2*1H2. The van der Waals surface area contributed by atoms with Crippen LogP contribution in [0.1, 0.15) is 28.8 Å². The Morgan fingerprint density at radius 1 is 0.914 bits per heavy atom. The number of rotatable bonds is 6. The van der Waals surface area contributed by atoms with E-state index in [-0.39, 0.29) is 5.56 Å². The first-order chi connectivity index (χ1) is 16.9. The first-order valence-electron chi connectivity index (χ1n) is 10.7. The number of hydrogen-bond acceptors (Lipinski definition) is 9. The van der Waals surface area contributed by atoms with Crippen molar-refractivity contribution in [2.75, 3.05) is 41.5 Å². The predicted octanol–water partition coefficient (Wildman–Crippen LogP) is 2.93. The van der Waals surface area contributed by atoms with Gasteiger partial charge in [0, 0.05) is 13.1 Å². The highest BCUT2D eigenvalue weighted by Gasteiger charge is 2.20. The van der Waals surface area contributed by atoms with E-state index in [1.54, 1.807) is 31.6 Å². The van der Waals surface area contributed by atoms with Crippen molar-refractivity contribution in [3.63, 3.8) is 0 Å². The molecule has 0 unspecified atom stereocenters. The molecule has 10 heteroatoms. The third-order valence-electron chi connectivity index (χ3n) is 5.11. The first-order valence-corrected chi connectivity index (χ1v) is 10.7. The third-order valence-corrected chi connectivity index (χ3v) is 5.11. The fraction of sp³-hybridized carbons (Fsp3) is 0.400. The maximum atomic E-state index is 11.4. The number of nitrogens with one attached hydrogen (secondary N) is 1. The summed E-state index contributed by atoms with van der Waals surface area (Å²) in [6.45, 7) is 7.96. The van der Waals surface area contributed by atoms with Crippen LogP contribution in [0.25, 0.3) is 0 Å². The average molecular weight is 493 g/mol. The lowest BCUT2D eigenvalue weighted by Gasteiger charge is -2.29. The van der Waals surface area contributed by atoms with Crippen LogP contribution in [0.2, 0.25) is 0 Å². The summed E-state index contributed by atoms with van der Waals surface area (Å²) in [5.41, 5.74) is 2.53. The number of carbonyl (C=O) groups is 3. The molecule has 2 aromatic rings. The number of benzene rings is 2. The van der Waals surface area contributed by atoms with Crippen LogP contribution in [0.4, 0.5) is 0 Å². The maximum Gasteiger partial charge on any atom is 0.278 e. The van der Waals surface area contributed by atoms with Gasteiger partial charge in [-0.2, -0.15) is 0 Å². The zero-order valence-electron chi connectivity index (χ0n) is 21.0. The second-order valence-corrected chi connectivity index (χ2v) is 7.21. The molecule has 0 spiro atoms. The Hall–Kier alpha value is -3.63. The molecule has 2 N–H and O–H groups in total. The van der Waals surface area contributed by atoms with Crippen LogP contribution in [0.5, 0.6) is 23.0 Å². The molecule has 194 valence electrons. The van der Waals surface area contributed by atoms with Crippen molar-refractivity contribution < 1.29 is 38.5 Å². The highest BCUT2D eigenvalue weighted by Crippen LogP contribution is 2.33. The molecule has 1 saturated heterocycles. The van der Waals surface area contributed by atoms with Crippen LogP contribution >= 0.6 is 0 Å². The summed E-state index contributed by atoms with van der Waals surface area (Å²) in [4.78, 5) is 29.7. The van der Waals surface area contributed by atoms with E-state index in [0.717, 1.165) is 37.4 Å². The van der Waals surface area contributed by atoms with Gasteiger partial charge in [-0.15, -0.1) is 0 Å². The minimum atomic E-state index is -0.622. The SMILES string of the molecule is C=O.C=O.COc1ccc(C)c(C(=O)NO)c1OC.COc1ccccc1OC1CCN(C)CC1. The zero-order valence-corrected chi connectivity index (χ0v) is 21.0. The number of nitrogens with zero attached hydrogens (tertiary/aromatic N) is 1. The first kappa shape index (κ1) is 31.4. The van der Waals surface area contributed by atoms with Crippen molar-refractivity contribution in [3.8, 4) is 23.0 Å². The molecule has 0 bridgehead atoms. The zero-order chi connectivity index (χ0) is 26.8. The Balaban J connectivity index is 0.000000580. The third kappa shape index (κ3) is 9.63. The number of likely N-dealkylation sites (tertiary alicyclic amines) is 1. The molecule has 0 aromatic heterocycles. The molecule has 0 radical (unpaired) electrons. The van der Waals surface area contributed by atoms with Gasteiger partial charge in [0.05, 0.1) is 26.9 Å². The molecule has 10 nitrogen and oxygen atoms in total. The van der Waals surface area contributed by atoms with Crippen molar-refractivity contribution in [2.45, 2.75) is 25.9 Å². The summed E-state index contributed by atoms with van der Waals surface area (Å²) in [5, 5.41) is 8.60. The van der Waals surface area contributed by atoms with Gasteiger partial charge in [0.1, 0.15) is 19.7 Å². The van der Waals surface area contributed by atoms with Crippen molar-refractivity contribution in [1.29, 1.82) is 0 Å². The molecule has 1 amide bonds. The van der Waals surface area contributed by atoms with Gasteiger partial charge in [0.15, 0.2) is 23.0 Å². The topological polar surface area (TPSA) is 124 Å². The van der Waals surface area contributed by atoms with Crippen molar-refractivity contribution >= 4 is 19.5 Å². The summed E-state index contributed by atoms with van der Waals surface area (Å²) in [5.74, 6) is 1.81. The van der Waals surface area contributed by atoms with E-state index < -0.39 is 5.91 Å². The number of para-hydroxylation sites is 2. The number of hydrogen-bond donors (Lipinski definition) is 2. The van der Waals surface area contributed by atoms with E-state index in [9.17, 15) is 4.79 Å². The van der Waals surface area contributed by atoms with E-state index in [2.05, 4.69) is 11.9 Å². The fourth-order valence-electron chi connectivity index (χ4n) is 3.36. The lowest BCUT2D eigenvalue weighted by Crippen LogP contribution is -2.35. The summed E-state index contributed by atoms with van der Waals surface area (Å²) < 4.78 is 21.4. The molecule has 1 aliphatic heterocycles. The summed E-state index contributed by atoms with van der Waals surface area (Å²) >= 11 is 0. The van der Waals surface area contributed by atoms with Crippen LogP contribution in [-0.2, 0) is 9.59 Å². The van der Waals surface area contributed by atoms with E-state index in [0.29, 0.717) is 23.2 Å². The molecule has 1 aliphatic rings. The van der Waals surface area contributed by atoms with Crippen LogP contribution in [0.3, 0.4) is 0 Å². The Morgan fingerprint density at radius 3 is 1.94 bits per heavy atom. The largest absolute Gasteiger partial charge is 0.493 e. The van der Waals surface area contributed by atoms with E-state index in [1.165, 1.54) is 14.2 Å². The predicted molar refractivity (Wildman–Crippen MR) is 132 cm³/mol. The molecule has 35 heavy (non-hydrogen) atoms. The number of methoxy groups -OCH3 is 3. The van der Waals surface area contributed by atoms with Crippen molar-refractivity contribution in [1.82, 2.24) is 10.4 Å². The Kier molecular flexibility index (Phi) is 15.9. The van der Waals surface area contributed by atoms with Gasteiger partial charge in [-0.05, 0) is 50.6 Å².